The predicted octanol–water partition coefficient (Wildman–Crippen LogP) is 1.60. The number of nitrogens with one attached hydrogen (secondary N) is 4. The number of fused-ring (bicyclic) bond motifs is 8. The number of carboxylic acid groups (broad SMARTS) is 1. The molecule has 0 radical (unpaired) electrons. The van der Waals surface area contributed by atoms with Crippen molar-refractivity contribution < 1.29 is 29.3 Å². The molecule has 1 aliphatic carbocycles. The van der Waals surface area contributed by atoms with Crippen LogP contribution in [-0.4, -0.2) is 62.1 Å². The van der Waals surface area contributed by atoms with Gasteiger partial charge in [0, 0.05) is 63.7 Å². The Bertz CT molecular complexity index is 2010. The third-order valence-electron chi connectivity index (χ3n) is 10.3. The second-order valence-electron chi connectivity index (χ2n) is 12.5. The summed E-state index contributed by atoms with van der Waals surface area (Å²) in [6.07, 6.45) is 8.48. The Labute approximate surface area is 260 Å². The molecule has 1 fully saturated rings. The molecule has 5 heterocycles. The average Bonchev–Trinajstić information content (AvgIpc) is 3.76. The van der Waals surface area contributed by atoms with Gasteiger partial charge in [-0.2, -0.15) is 0 Å². The van der Waals surface area contributed by atoms with Crippen LogP contribution >= 0.6 is 0 Å². The molecule has 6 rings (SSSR count). The summed E-state index contributed by atoms with van der Waals surface area (Å²) in [5, 5.41) is 26.4. The van der Waals surface area contributed by atoms with Crippen LogP contribution in [0, 0.1) is 31.6 Å². The van der Waals surface area contributed by atoms with Gasteiger partial charge >= 0.3 is 11.9 Å². The van der Waals surface area contributed by atoms with Gasteiger partial charge in [-0.15, -0.1) is 0 Å². The van der Waals surface area contributed by atoms with Gasteiger partial charge in [-0.25, -0.2) is 0 Å². The maximum Gasteiger partial charge on any atom is 0.320 e. The number of carbonyl (C=O) groups is 3. The van der Waals surface area contributed by atoms with E-state index < -0.39 is 23.9 Å². The van der Waals surface area contributed by atoms with Crippen LogP contribution < -0.4 is 26.6 Å². The van der Waals surface area contributed by atoms with Crippen molar-refractivity contribution in [2.75, 3.05) is 7.11 Å². The van der Waals surface area contributed by atoms with Crippen molar-refractivity contribution in [3.05, 3.63) is 72.7 Å². The van der Waals surface area contributed by atoms with Crippen molar-refractivity contribution in [2.24, 2.45) is 17.8 Å². The van der Waals surface area contributed by atoms with Gasteiger partial charge < -0.3 is 35.2 Å². The van der Waals surface area contributed by atoms with Crippen LogP contribution in [0.2, 0.25) is 0 Å². The lowest BCUT2D eigenvalue weighted by atomic mass is 9.79. The molecular weight excluding hydrogens is 572 g/mol. The van der Waals surface area contributed by atoms with Crippen molar-refractivity contribution in [3.63, 3.8) is 0 Å². The third-order valence-corrected chi connectivity index (χ3v) is 10.3. The first-order valence-electron chi connectivity index (χ1n) is 15.5. The molecule has 0 aromatic carbocycles. The Morgan fingerprint density at radius 3 is 2.49 bits per heavy atom. The molecule has 6 N–H and O–H groups in total. The van der Waals surface area contributed by atoms with E-state index in [1.165, 1.54) is 7.11 Å². The number of aromatic nitrogens is 3. The highest BCUT2D eigenvalue weighted by Crippen LogP contribution is 2.41. The first-order valence-corrected chi connectivity index (χ1v) is 15.5. The lowest BCUT2D eigenvalue weighted by Gasteiger charge is -2.25. The maximum absolute atomic E-state index is 14.1. The molecule has 2 unspecified atom stereocenters. The smallest absolute Gasteiger partial charge is 0.320 e. The van der Waals surface area contributed by atoms with E-state index >= 15 is 0 Å². The van der Waals surface area contributed by atoms with E-state index in [-0.39, 0.29) is 30.1 Å². The van der Waals surface area contributed by atoms with E-state index in [4.69, 9.17) is 4.74 Å². The second kappa shape index (κ2) is 11.4. The SMILES string of the molecule is C=Cc1c2[nH]c(c1C)CC1NC(C3=c4[nH]/c(c(C)c4C(=O)[C@@H]3C(=O)OC)=C\c3[nH]c(/c(=C\O)c3CC)=C\2)[C@@H](CCC(=O)O)[C@@H]1C. The van der Waals surface area contributed by atoms with Crippen molar-refractivity contribution in [2.45, 2.75) is 65.5 Å². The van der Waals surface area contributed by atoms with Gasteiger partial charge in [-0.05, 0) is 72.9 Å². The number of aliphatic carboxylic acids is 1. The highest BCUT2D eigenvalue weighted by molar-refractivity contribution is 6.19. The van der Waals surface area contributed by atoms with Crippen LogP contribution in [0.15, 0.2) is 6.58 Å². The number of aliphatic hydroxyl groups excluding tert-OH is 1. The number of hydrogen-bond acceptors (Lipinski definition) is 6. The van der Waals surface area contributed by atoms with E-state index in [9.17, 15) is 24.6 Å². The van der Waals surface area contributed by atoms with Crippen LogP contribution in [0.5, 0.6) is 0 Å². The quantitative estimate of drug-likeness (QED) is 0.182. The predicted molar refractivity (Wildman–Crippen MR) is 171 cm³/mol. The number of aromatic amines is 3. The fourth-order valence-electron chi connectivity index (χ4n) is 7.93. The Morgan fingerprint density at radius 2 is 1.84 bits per heavy atom. The van der Waals surface area contributed by atoms with Crippen LogP contribution in [-0.2, 0) is 27.2 Å². The molecule has 1 saturated heterocycles. The largest absolute Gasteiger partial charge is 0.515 e. The zero-order valence-electron chi connectivity index (χ0n) is 26.3. The Kier molecular flexibility index (Phi) is 7.72. The van der Waals surface area contributed by atoms with Crippen LogP contribution in [0.25, 0.3) is 30.1 Å². The fraction of sp³-hybridized carbons (Fsp3) is 0.400. The number of aliphatic hydroxyl groups is 1. The number of rotatable bonds is 6. The van der Waals surface area contributed by atoms with Gasteiger partial charge in [0.05, 0.1) is 24.1 Å². The molecule has 236 valence electrons. The van der Waals surface area contributed by atoms with E-state index in [1.54, 1.807) is 0 Å². The minimum Gasteiger partial charge on any atom is -0.515 e. The number of carboxylic acids is 1. The molecule has 3 aliphatic rings. The molecule has 0 amide bonds. The minimum atomic E-state index is -1.13. The number of H-pyrrole nitrogens is 3. The minimum absolute atomic E-state index is 0.0210. The van der Waals surface area contributed by atoms with Crippen molar-refractivity contribution >= 4 is 47.8 Å². The topological polar surface area (TPSA) is 160 Å². The van der Waals surface area contributed by atoms with Gasteiger partial charge in [0.15, 0.2) is 5.78 Å². The zero-order chi connectivity index (χ0) is 32.3. The molecule has 3 aromatic rings. The molecule has 0 saturated carbocycles. The van der Waals surface area contributed by atoms with Crippen molar-refractivity contribution in [3.8, 4) is 0 Å². The van der Waals surface area contributed by atoms with Crippen LogP contribution in [0.1, 0.15) is 76.4 Å². The van der Waals surface area contributed by atoms with Gasteiger partial charge in [0.25, 0.3) is 0 Å². The third kappa shape index (κ3) is 4.70. The maximum atomic E-state index is 14.1. The zero-order valence-corrected chi connectivity index (χ0v) is 26.3. The molecular formula is C35H40N4O6. The van der Waals surface area contributed by atoms with Crippen molar-refractivity contribution in [1.82, 2.24) is 20.3 Å². The second-order valence-corrected chi connectivity index (χ2v) is 12.5. The summed E-state index contributed by atoms with van der Waals surface area (Å²) in [6.45, 7) is 12.1. The molecule has 2 aliphatic heterocycles. The number of methoxy groups -OCH3 is 1. The molecule has 10 nitrogen and oxygen atoms in total. The monoisotopic (exact) mass is 612 g/mol. The Hall–Kier alpha value is -4.57. The summed E-state index contributed by atoms with van der Waals surface area (Å²) in [7, 11) is 1.28. The molecule has 3 aromatic heterocycles. The summed E-state index contributed by atoms with van der Waals surface area (Å²) >= 11 is 0. The van der Waals surface area contributed by atoms with E-state index in [0.29, 0.717) is 51.9 Å². The van der Waals surface area contributed by atoms with E-state index in [0.717, 1.165) is 45.4 Å². The number of esters is 1. The summed E-state index contributed by atoms with van der Waals surface area (Å²) < 4.78 is 5.16. The van der Waals surface area contributed by atoms with Gasteiger partial charge in [0.2, 0.25) is 0 Å². The molecule has 5 atom stereocenters. The van der Waals surface area contributed by atoms with E-state index in [2.05, 4.69) is 33.8 Å². The summed E-state index contributed by atoms with van der Waals surface area (Å²) in [5.74, 6) is -3.10. The Balaban J connectivity index is 1.71. The lowest BCUT2D eigenvalue weighted by molar-refractivity contribution is -0.142. The summed E-state index contributed by atoms with van der Waals surface area (Å²) in [6, 6.07) is -0.516. The van der Waals surface area contributed by atoms with Gasteiger partial charge in [0.1, 0.15) is 5.92 Å². The number of carbonyl (C=O) groups excluding carboxylic acids is 2. The first-order chi connectivity index (χ1) is 21.5. The lowest BCUT2D eigenvalue weighted by Crippen LogP contribution is -2.40. The number of hydrogen-bond donors (Lipinski definition) is 6. The molecule has 8 bridgehead atoms. The van der Waals surface area contributed by atoms with Gasteiger partial charge in [-0.1, -0.05) is 26.5 Å². The average molecular weight is 613 g/mol. The first kappa shape index (κ1) is 30.5. The number of ketones is 1. The summed E-state index contributed by atoms with van der Waals surface area (Å²) in [5.41, 5.74) is 7.34. The number of Topliss-reactive ketones (excluding diaryl/α,β-unsaturated/α-hetero) is 1. The normalized spacial score (nSPS) is 25.5. The highest BCUT2D eigenvalue weighted by atomic mass is 16.5. The van der Waals surface area contributed by atoms with Crippen LogP contribution in [0.3, 0.4) is 0 Å². The molecule has 45 heavy (non-hydrogen) atoms. The van der Waals surface area contributed by atoms with Crippen molar-refractivity contribution in [1.29, 1.82) is 0 Å². The Morgan fingerprint density at radius 1 is 1.11 bits per heavy atom. The van der Waals surface area contributed by atoms with Crippen LogP contribution in [0.4, 0.5) is 0 Å². The molecule has 0 spiro atoms. The molecule has 10 heteroatoms. The standard InChI is InChI=1S/C35H40N4O6/c1-7-18-15(3)22-11-23-16(4)20(9-10-28(41)42)32(38-23)30-31(35(44)45-6)34(43)29-17(5)24(39-33(29)30)12-26-19(8-2)21(14-40)27(37-26)13-25(18)36-22/h7,12-14,16,20,23,31-32,36-40H,1,8-11H2,2-6H3,(H,41,42)/b21-14-,24-12-,27-13-/t16-,20-,23?,31+,32?/m0/s1. The van der Waals surface area contributed by atoms with Gasteiger partial charge in [-0.3, -0.25) is 14.4 Å². The fourth-order valence-corrected chi connectivity index (χ4v) is 7.93. The summed E-state index contributed by atoms with van der Waals surface area (Å²) in [4.78, 5) is 49.6. The highest BCUT2D eigenvalue weighted by Gasteiger charge is 2.50. The number of ether oxygens (including phenoxy) is 1. The van der Waals surface area contributed by atoms with E-state index in [1.807, 2.05) is 39.0 Å².